The Bertz CT molecular complexity index is 475. The molecule has 0 atom stereocenters. The van der Waals surface area contributed by atoms with Gasteiger partial charge in [-0.15, -0.1) is 0 Å². The van der Waals surface area contributed by atoms with Crippen molar-refractivity contribution in [3.05, 3.63) is 46.9 Å². The predicted molar refractivity (Wildman–Crippen MR) is 62.9 cm³/mol. The van der Waals surface area contributed by atoms with E-state index < -0.39 is 23.5 Å². The highest BCUT2D eigenvalue weighted by molar-refractivity contribution is 5.90. The number of benzene rings is 1. The number of carboxylic acid groups (broad SMARTS) is 2. The van der Waals surface area contributed by atoms with Crippen molar-refractivity contribution in [3.63, 3.8) is 0 Å². The molecule has 1 rings (SSSR count). The van der Waals surface area contributed by atoms with Gasteiger partial charge in [0.1, 0.15) is 0 Å². The maximum atomic E-state index is 10.4. The monoisotopic (exact) mass is 250 g/mol. The molecule has 0 aliphatic rings. The van der Waals surface area contributed by atoms with Crippen LogP contribution in [0.1, 0.15) is 11.1 Å². The molecule has 0 bridgehead atoms. The maximum absolute atomic E-state index is 10.4. The Hall–Kier alpha value is -2.76. The fraction of sp³-hybridized carbons (Fsp3) is 0. The van der Waals surface area contributed by atoms with Crippen LogP contribution >= 0.6 is 0 Å². The molecule has 0 radical (unpaired) electrons. The van der Waals surface area contributed by atoms with E-state index in [-0.39, 0.29) is 0 Å². The molecule has 0 saturated heterocycles. The van der Waals surface area contributed by atoms with E-state index in [1.807, 2.05) is 0 Å². The third kappa shape index (κ3) is 3.67. The smallest absolute Gasteiger partial charge is 0.370 e. The normalized spacial score (nSPS) is 12.2. The van der Waals surface area contributed by atoms with Crippen LogP contribution in [-0.4, -0.2) is 32.4 Å². The Morgan fingerprint density at radius 3 is 1.22 bits per heavy atom. The standard InChI is InChI=1S/C12H10O6/c13-9(11(15)16)5-7-1-2-8(4-3-7)6-10(14)12(17)18/h1-6,13-14H,(H,15,16)(H,17,18)/b9-5-,10-6-. The van der Waals surface area contributed by atoms with Crippen LogP contribution in [0.15, 0.2) is 35.8 Å². The van der Waals surface area contributed by atoms with Gasteiger partial charge in [0.15, 0.2) is 0 Å². The quantitative estimate of drug-likeness (QED) is 0.477. The van der Waals surface area contributed by atoms with Crippen LogP contribution in [0.25, 0.3) is 12.2 Å². The van der Waals surface area contributed by atoms with E-state index in [1.165, 1.54) is 24.3 Å². The highest BCUT2D eigenvalue weighted by Crippen LogP contribution is 2.11. The van der Waals surface area contributed by atoms with Crippen LogP contribution < -0.4 is 0 Å². The molecule has 0 unspecified atom stereocenters. The van der Waals surface area contributed by atoms with E-state index in [0.29, 0.717) is 11.1 Å². The van der Waals surface area contributed by atoms with Crippen molar-refractivity contribution in [1.82, 2.24) is 0 Å². The number of hydrogen-bond donors (Lipinski definition) is 4. The van der Waals surface area contributed by atoms with Gasteiger partial charge >= 0.3 is 11.9 Å². The summed E-state index contributed by atoms with van der Waals surface area (Å²) in [5.41, 5.74) is 0.865. The zero-order chi connectivity index (χ0) is 13.7. The molecule has 0 fully saturated rings. The predicted octanol–water partition coefficient (Wildman–Crippen LogP) is 1.65. The van der Waals surface area contributed by atoms with E-state index in [1.54, 1.807) is 0 Å². The first-order chi connectivity index (χ1) is 8.40. The molecule has 6 nitrogen and oxygen atoms in total. The van der Waals surface area contributed by atoms with E-state index in [0.717, 1.165) is 12.2 Å². The molecule has 0 amide bonds. The van der Waals surface area contributed by atoms with Crippen LogP contribution in [0.4, 0.5) is 0 Å². The molecule has 18 heavy (non-hydrogen) atoms. The van der Waals surface area contributed by atoms with Gasteiger partial charge in [0.2, 0.25) is 11.5 Å². The Morgan fingerprint density at radius 2 is 1.00 bits per heavy atom. The lowest BCUT2D eigenvalue weighted by Crippen LogP contribution is -1.98. The minimum Gasteiger partial charge on any atom is -0.502 e. The van der Waals surface area contributed by atoms with Crippen molar-refractivity contribution in [3.8, 4) is 0 Å². The van der Waals surface area contributed by atoms with Gasteiger partial charge in [0.05, 0.1) is 0 Å². The van der Waals surface area contributed by atoms with Crippen LogP contribution in [-0.2, 0) is 9.59 Å². The Kier molecular flexibility index (Phi) is 4.09. The minimum absolute atomic E-state index is 0.432. The first kappa shape index (κ1) is 13.3. The van der Waals surface area contributed by atoms with Gasteiger partial charge < -0.3 is 20.4 Å². The molecular formula is C12H10O6. The van der Waals surface area contributed by atoms with Crippen molar-refractivity contribution in [2.45, 2.75) is 0 Å². The molecule has 1 aromatic rings. The number of carbonyl (C=O) groups is 2. The van der Waals surface area contributed by atoms with E-state index in [4.69, 9.17) is 20.4 Å². The second-order valence-corrected chi connectivity index (χ2v) is 3.34. The summed E-state index contributed by atoms with van der Waals surface area (Å²) < 4.78 is 0. The molecule has 0 aliphatic carbocycles. The number of aliphatic hydroxyl groups excluding tert-OH is 2. The third-order valence-corrected chi connectivity index (χ3v) is 1.98. The van der Waals surface area contributed by atoms with E-state index in [9.17, 15) is 9.59 Å². The molecule has 0 heterocycles. The van der Waals surface area contributed by atoms with Crippen molar-refractivity contribution >= 4 is 24.1 Å². The topological polar surface area (TPSA) is 115 Å². The Balaban J connectivity index is 2.94. The molecule has 94 valence electrons. The van der Waals surface area contributed by atoms with Crippen LogP contribution in [0.5, 0.6) is 0 Å². The van der Waals surface area contributed by atoms with E-state index in [2.05, 4.69) is 0 Å². The minimum atomic E-state index is -1.44. The fourth-order valence-electron chi connectivity index (χ4n) is 1.13. The zero-order valence-electron chi connectivity index (χ0n) is 9.07. The zero-order valence-corrected chi connectivity index (χ0v) is 9.07. The van der Waals surface area contributed by atoms with Gasteiger partial charge in [-0.25, -0.2) is 9.59 Å². The van der Waals surface area contributed by atoms with Crippen LogP contribution in [0.2, 0.25) is 0 Å². The molecule has 4 N–H and O–H groups in total. The van der Waals surface area contributed by atoms with Crippen molar-refractivity contribution in [2.24, 2.45) is 0 Å². The summed E-state index contributed by atoms with van der Waals surface area (Å²) in [6, 6.07) is 5.89. The molecule has 0 saturated carbocycles. The average molecular weight is 250 g/mol. The van der Waals surface area contributed by atoms with Gasteiger partial charge in [-0.1, -0.05) is 24.3 Å². The van der Waals surface area contributed by atoms with Gasteiger partial charge in [-0.05, 0) is 23.3 Å². The molecule has 1 aromatic carbocycles. The first-order valence-corrected chi connectivity index (χ1v) is 4.78. The van der Waals surface area contributed by atoms with Crippen molar-refractivity contribution in [2.75, 3.05) is 0 Å². The lowest BCUT2D eigenvalue weighted by Gasteiger charge is -1.98. The molecule has 0 aliphatic heterocycles. The lowest BCUT2D eigenvalue weighted by atomic mass is 10.1. The lowest BCUT2D eigenvalue weighted by molar-refractivity contribution is -0.136. The summed E-state index contributed by atoms with van der Waals surface area (Å²) in [5, 5.41) is 34.9. The Morgan fingerprint density at radius 1 is 0.722 bits per heavy atom. The average Bonchev–Trinajstić information content (AvgIpc) is 2.31. The number of rotatable bonds is 4. The summed E-state index contributed by atoms with van der Waals surface area (Å²) in [5.74, 6) is -4.48. The molecule has 6 heteroatoms. The van der Waals surface area contributed by atoms with Gasteiger partial charge in [-0.3, -0.25) is 0 Å². The third-order valence-electron chi connectivity index (χ3n) is 1.98. The summed E-state index contributed by atoms with van der Waals surface area (Å²) >= 11 is 0. The van der Waals surface area contributed by atoms with Crippen LogP contribution in [0, 0.1) is 0 Å². The van der Waals surface area contributed by atoms with Gasteiger partial charge in [0.25, 0.3) is 0 Å². The highest BCUT2D eigenvalue weighted by atomic mass is 16.4. The first-order valence-electron chi connectivity index (χ1n) is 4.78. The summed E-state index contributed by atoms with van der Waals surface area (Å²) in [4.78, 5) is 20.7. The molecule has 0 spiro atoms. The second kappa shape index (κ2) is 5.53. The van der Waals surface area contributed by atoms with E-state index >= 15 is 0 Å². The van der Waals surface area contributed by atoms with Gasteiger partial charge in [0, 0.05) is 0 Å². The highest BCUT2D eigenvalue weighted by Gasteiger charge is 2.05. The largest absolute Gasteiger partial charge is 0.502 e. The van der Waals surface area contributed by atoms with Crippen molar-refractivity contribution < 1.29 is 30.0 Å². The van der Waals surface area contributed by atoms with Crippen molar-refractivity contribution in [1.29, 1.82) is 0 Å². The van der Waals surface area contributed by atoms with Crippen LogP contribution in [0.3, 0.4) is 0 Å². The SMILES string of the molecule is O=C(O)/C(O)=C/c1ccc(/C=C(\O)C(=O)O)cc1. The second-order valence-electron chi connectivity index (χ2n) is 3.34. The summed E-state index contributed by atoms with van der Waals surface area (Å²) in [7, 11) is 0. The number of carboxylic acids is 2. The number of aliphatic hydroxyl groups is 2. The van der Waals surface area contributed by atoms with Gasteiger partial charge in [-0.2, -0.15) is 0 Å². The number of hydrogen-bond acceptors (Lipinski definition) is 4. The fourth-order valence-corrected chi connectivity index (χ4v) is 1.13. The summed E-state index contributed by atoms with van der Waals surface area (Å²) in [6.07, 6.45) is 2.10. The molecular weight excluding hydrogens is 240 g/mol. The maximum Gasteiger partial charge on any atom is 0.370 e. The number of aliphatic carboxylic acids is 2. The summed E-state index contributed by atoms with van der Waals surface area (Å²) in [6.45, 7) is 0. The molecule has 0 aromatic heterocycles. The Labute approximate surface area is 102 Å².